The molecule has 1 amide bonds. The number of hydrogen-bond donors (Lipinski definition) is 2. The summed E-state index contributed by atoms with van der Waals surface area (Å²) in [5.41, 5.74) is 1.22. The highest BCUT2D eigenvalue weighted by Gasteiger charge is 2.22. The van der Waals surface area contributed by atoms with E-state index in [1.54, 1.807) is 13.8 Å². The average molecular weight is 307 g/mol. The lowest BCUT2D eigenvalue weighted by Gasteiger charge is -2.17. The molecule has 5 heteroatoms. The van der Waals surface area contributed by atoms with Gasteiger partial charge in [0.1, 0.15) is 6.04 Å². The van der Waals surface area contributed by atoms with Crippen LogP contribution in [0.5, 0.6) is 0 Å². The predicted octanol–water partition coefficient (Wildman–Crippen LogP) is 2.25. The molecule has 0 unspecified atom stereocenters. The summed E-state index contributed by atoms with van der Waals surface area (Å²) in [6.07, 6.45) is 1.72. The summed E-state index contributed by atoms with van der Waals surface area (Å²) in [6, 6.07) is 9.24. The van der Waals surface area contributed by atoms with E-state index in [0.29, 0.717) is 19.6 Å². The molecule has 0 aliphatic heterocycles. The van der Waals surface area contributed by atoms with Gasteiger partial charge in [-0.2, -0.15) is 0 Å². The van der Waals surface area contributed by atoms with E-state index in [2.05, 4.69) is 17.4 Å². The minimum absolute atomic E-state index is 0.136. The molecular formula is C17H25NO4. The first kappa shape index (κ1) is 18.2. The number of aliphatic carboxylic acids is 1. The van der Waals surface area contributed by atoms with Crippen molar-refractivity contribution in [2.24, 2.45) is 5.92 Å². The van der Waals surface area contributed by atoms with Crippen LogP contribution in [0.25, 0.3) is 0 Å². The van der Waals surface area contributed by atoms with Gasteiger partial charge in [0, 0.05) is 13.0 Å². The first-order valence-electron chi connectivity index (χ1n) is 7.64. The molecule has 0 saturated heterocycles. The second-order valence-corrected chi connectivity index (χ2v) is 5.58. The van der Waals surface area contributed by atoms with Crippen molar-refractivity contribution in [3.63, 3.8) is 0 Å². The van der Waals surface area contributed by atoms with Crippen molar-refractivity contribution in [1.82, 2.24) is 5.32 Å². The third-order valence-corrected chi connectivity index (χ3v) is 3.32. The van der Waals surface area contributed by atoms with Crippen LogP contribution in [-0.4, -0.2) is 36.2 Å². The van der Waals surface area contributed by atoms with Crippen molar-refractivity contribution in [2.45, 2.75) is 39.2 Å². The molecule has 0 aliphatic rings. The molecule has 0 saturated carbocycles. The molecule has 0 aliphatic carbocycles. The van der Waals surface area contributed by atoms with Crippen molar-refractivity contribution in [2.75, 3.05) is 13.2 Å². The van der Waals surface area contributed by atoms with Gasteiger partial charge in [0.2, 0.25) is 5.91 Å². The fraction of sp³-hybridized carbons (Fsp3) is 0.529. The summed E-state index contributed by atoms with van der Waals surface area (Å²) in [5.74, 6) is -1.38. The normalized spacial score (nSPS) is 12.1. The summed E-state index contributed by atoms with van der Waals surface area (Å²) in [5, 5.41) is 11.5. The summed E-state index contributed by atoms with van der Waals surface area (Å²) in [7, 11) is 0. The van der Waals surface area contributed by atoms with E-state index in [1.165, 1.54) is 5.56 Å². The molecule has 0 bridgehead atoms. The van der Waals surface area contributed by atoms with E-state index in [9.17, 15) is 9.59 Å². The molecule has 22 heavy (non-hydrogen) atoms. The van der Waals surface area contributed by atoms with Gasteiger partial charge in [0.05, 0.1) is 6.61 Å². The first-order valence-corrected chi connectivity index (χ1v) is 7.64. The fourth-order valence-electron chi connectivity index (χ4n) is 2.03. The zero-order chi connectivity index (χ0) is 16.4. The Bertz CT molecular complexity index is 459. The Balaban J connectivity index is 2.11. The van der Waals surface area contributed by atoms with Crippen molar-refractivity contribution in [3.8, 4) is 0 Å². The van der Waals surface area contributed by atoms with Gasteiger partial charge in [-0.15, -0.1) is 0 Å². The molecule has 1 aromatic carbocycles. The number of benzene rings is 1. The van der Waals surface area contributed by atoms with Gasteiger partial charge in [0.15, 0.2) is 0 Å². The van der Waals surface area contributed by atoms with Gasteiger partial charge >= 0.3 is 5.97 Å². The number of amides is 1. The monoisotopic (exact) mass is 307 g/mol. The van der Waals surface area contributed by atoms with Crippen LogP contribution in [0.1, 0.15) is 32.3 Å². The third-order valence-electron chi connectivity index (χ3n) is 3.32. The first-order chi connectivity index (χ1) is 10.5. The van der Waals surface area contributed by atoms with E-state index in [-0.39, 0.29) is 18.2 Å². The van der Waals surface area contributed by atoms with Gasteiger partial charge in [-0.3, -0.25) is 4.79 Å². The zero-order valence-electron chi connectivity index (χ0n) is 13.2. The minimum atomic E-state index is -0.998. The molecule has 2 N–H and O–H groups in total. The Labute approximate surface area is 131 Å². The average Bonchev–Trinajstić information content (AvgIpc) is 2.48. The maximum atomic E-state index is 11.7. The summed E-state index contributed by atoms with van der Waals surface area (Å²) < 4.78 is 5.49. The van der Waals surface area contributed by atoms with E-state index in [0.717, 1.165) is 6.42 Å². The number of nitrogens with one attached hydrogen (secondary N) is 1. The van der Waals surface area contributed by atoms with Gasteiger partial charge in [0.25, 0.3) is 0 Å². The van der Waals surface area contributed by atoms with E-state index < -0.39 is 12.0 Å². The van der Waals surface area contributed by atoms with Crippen LogP contribution in [0.2, 0.25) is 0 Å². The fourth-order valence-corrected chi connectivity index (χ4v) is 2.03. The van der Waals surface area contributed by atoms with E-state index >= 15 is 0 Å². The highest BCUT2D eigenvalue weighted by molar-refractivity contribution is 5.83. The topological polar surface area (TPSA) is 75.6 Å². The molecule has 0 spiro atoms. The van der Waals surface area contributed by atoms with E-state index in [1.807, 2.05) is 18.2 Å². The minimum Gasteiger partial charge on any atom is -0.480 e. The molecule has 0 aromatic heterocycles. The number of rotatable bonds is 10. The van der Waals surface area contributed by atoms with Gasteiger partial charge < -0.3 is 15.2 Å². The quantitative estimate of drug-likeness (QED) is 0.650. The van der Waals surface area contributed by atoms with Crippen molar-refractivity contribution >= 4 is 11.9 Å². The summed E-state index contributed by atoms with van der Waals surface area (Å²) in [6.45, 7) is 4.66. The second-order valence-electron chi connectivity index (χ2n) is 5.58. The molecule has 0 heterocycles. The SMILES string of the molecule is CC(C)[C@H](NC(=O)CCCOCCc1ccccc1)C(=O)O. The number of carboxylic acid groups (broad SMARTS) is 1. The van der Waals surface area contributed by atoms with Crippen molar-refractivity contribution in [1.29, 1.82) is 0 Å². The lowest BCUT2D eigenvalue weighted by molar-refractivity contribution is -0.143. The number of carbonyl (C=O) groups is 2. The van der Waals surface area contributed by atoms with Gasteiger partial charge in [-0.1, -0.05) is 44.2 Å². The Morgan fingerprint density at radius 3 is 2.45 bits per heavy atom. The van der Waals surface area contributed by atoms with Gasteiger partial charge in [-0.05, 0) is 24.3 Å². The highest BCUT2D eigenvalue weighted by Crippen LogP contribution is 2.03. The van der Waals surface area contributed by atoms with Crippen molar-refractivity contribution in [3.05, 3.63) is 35.9 Å². The molecule has 0 radical (unpaired) electrons. The number of hydrogen-bond acceptors (Lipinski definition) is 3. The van der Waals surface area contributed by atoms with Crippen LogP contribution in [0, 0.1) is 5.92 Å². The third kappa shape index (κ3) is 7.22. The number of carboxylic acids is 1. The van der Waals surface area contributed by atoms with Crippen LogP contribution in [0.3, 0.4) is 0 Å². The molecule has 1 rings (SSSR count). The largest absolute Gasteiger partial charge is 0.480 e. The lowest BCUT2D eigenvalue weighted by atomic mass is 10.0. The maximum Gasteiger partial charge on any atom is 0.326 e. The summed E-state index contributed by atoms with van der Waals surface area (Å²) >= 11 is 0. The lowest BCUT2D eigenvalue weighted by Crippen LogP contribution is -2.44. The highest BCUT2D eigenvalue weighted by atomic mass is 16.5. The number of carbonyl (C=O) groups excluding carboxylic acids is 1. The molecule has 1 aromatic rings. The Morgan fingerprint density at radius 2 is 1.86 bits per heavy atom. The molecular weight excluding hydrogens is 282 g/mol. The van der Waals surface area contributed by atoms with Crippen LogP contribution in [0.15, 0.2) is 30.3 Å². The van der Waals surface area contributed by atoms with Crippen molar-refractivity contribution < 1.29 is 19.4 Å². The molecule has 1 atom stereocenters. The Morgan fingerprint density at radius 1 is 1.18 bits per heavy atom. The zero-order valence-corrected chi connectivity index (χ0v) is 13.2. The van der Waals surface area contributed by atoms with E-state index in [4.69, 9.17) is 9.84 Å². The Kier molecular flexibility index (Phi) is 8.22. The Hall–Kier alpha value is -1.88. The smallest absolute Gasteiger partial charge is 0.326 e. The van der Waals surface area contributed by atoms with Crippen LogP contribution < -0.4 is 5.32 Å². The molecule has 0 fully saturated rings. The maximum absolute atomic E-state index is 11.7. The standard InChI is InChI=1S/C17H25NO4/c1-13(2)16(17(20)21)18-15(19)9-6-11-22-12-10-14-7-4-3-5-8-14/h3-5,7-8,13,16H,6,9-12H2,1-2H3,(H,18,19)(H,20,21)/t16-/m0/s1. The number of ether oxygens (including phenoxy) is 1. The summed E-state index contributed by atoms with van der Waals surface area (Å²) in [4.78, 5) is 22.7. The molecule has 122 valence electrons. The van der Waals surface area contributed by atoms with Crippen LogP contribution in [-0.2, 0) is 20.7 Å². The molecule has 5 nitrogen and oxygen atoms in total. The van der Waals surface area contributed by atoms with Crippen LogP contribution in [0.4, 0.5) is 0 Å². The second kappa shape index (κ2) is 9.95. The van der Waals surface area contributed by atoms with Crippen LogP contribution >= 0.6 is 0 Å². The van der Waals surface area contributed by atoms with Gasteiger partial charge in [-0.25, -0.2) is 4.79 Å². The predicted molar refractivity (Wildman–Crippen MR) is 84.6 cm³/mol.